The molecule has 1 fully saturated rings. The van der Waals surface area contributed by atoms with E-state index >= 15 is 0 Å². The van der Waals surface area contributed by atoms with Crippen LogP contribution >= 0.6 is 11.3 Å². The Morgan fingerprint density at radius 2 is 2.00 bits per heavy atom. The van der Waals surface area contributed by atoms with Crippen molar-refractivity contribution in [2.24, 2.45) is 5.73 Å². The van der Waals surface area contributed by atoms with Crippen LogP contribution in [0.15, 0.2) is 35.7 Å². The molecule has 0 aliphatic carbocycles. The summed E-state index contributed by atoms with van der Waals surface area (Å²) >= 11 is 1.51. The highest BCUT2D eigenvalue weighted by Gasteiger charge is 2.21. The molecule has 1 aromatic carbocycles. The van der Waals surface area contributed by atoms with Gasteiger partial charge in [0.2, 0.25) is 0 Å². The van der Waals surface area contributed by atoms with E-state index in [1.165, 1.54) is 16.9 Å². The zero-order chi connectivity index (χ0) is 17.5. The lowest BCUT2D eigenvalue weighted by Gasteiger charge is -2.32. The number of carbonyl (C=O) groups excluding carboxylic acids is 1. The van der Waals surface area contributed by atoms with Crippen molar-refractivity contribution in [2.45, 2.75) is 31.7 Å². The van der Waals surface area contributed by atoms with E-state index in [1.807, 2.05) is 5.38 Å². The highest BCUT2D eigenvalue weighted by atomic mass is 32.1. The van der Waals surface area contributed by atoms with Gasteiger partial charge in [0, 0.05) is 37.5 Å². The fourth-order valence-electron chi connectivity index (χ4n) is 3.15. The number of nitrogens with zero attached hydrogens (tertiary/aromatic N) is 2. The third kappa shape index (κ3) is 5.36. The van der Waals surface area contributed by atoms with Crippen molar-refractivity contribution < 1.29 is 4.79 Å². The Hall–Kier alpha value is -1.76. The highest BCUT2D eigenvalue weighted by Crippen LogP contribution is 2.14. The van der Waals surface area contributed by atoms with Crippen LogP contribution in [0.1, 0.15) is 33.9 Å². The Kier molecular flexibility index (Phi) is 6.55. The van der Waals surface area contributed by atoms with Gasteiger partial charge in [0.25, 0.3) is 5.91 Å². The van der Waals surface area contributed by atoms with E-state index in [0.29, 0.717) is 12.2 Å². The maximum absolute atomic E-state index is 12.3. The lowest BCUT2D eigenvalue weighted by molar-refractivity contribution is 0.0907. The maximum Gasteiger partial charge on any atom is 0.270 e. The quantitative estimate of drug-likeness (QED) is 0.795. The number of benzene rings is 1. The highest BCUT2D eigenvalue weighted by molar-refractivity contribution is 7.09. The first-order chi connectivity index (χ1) is 12.2. The van der Waals surface area contributed by atoms with Crippen molar-refractivity contribution in [3.8, 4) is 0 Å². The predicted molar refractivity (Wildman–Crippen MR) is 102 cm³/mol. The largest absolute Gasteiger partial charge is 0.348 e. The Morgan fingerprint density at radius 1 is 1.24 bits per heavy atom. The van der Waals surface area contributed by atoms with E-state index in [2.05, 4.69) is 45.5 Å². The van der Waals surface area contributed by atoms with E-state index in [0.717, 1.165) is 50.3 Å². The Labute approximate surface area is 153 Å². The molecule has 25 heavy (non-hydrogen) atoms. The summed E-state index contributed by atoms with van der Waals surface area (Å²) in [6.45, 7) is 3.72. The summed E-state index contributed by atoms with van der Waals surface area (Å²) < 4.78 is 0. The summed E-state index contributed by atoms with van der Waals surface area (Å²) in [5.74, 6) is -0.0535. The predicted octanol–water partition coefficient (Wildman–Crippen LogP) is 2.08. The molecule has 1 aromatic heterocycles. The monoisotopic (exact) mass is 358 g/mol. The Bertz CT molecular complexity index is 665. The Morgan fingerprint density at radius 3 is 2.72 bits per heavy atom. The number of amides is 1. The van der Waals surface area contributed by atoms with Crippen LogP contribution < -0.4 is 11.1 Å². The number of nitrogens with one attached hydrogen (secondary N) is 1. The topological polar surface area (TPSA) is 71.2 Å². The fraction of sp³-hybridized carbons (Fsp3) is 0.474. The van der Waals surface area contributed by atoms with Crippen molar-refractivity contribution in [3.63, 3.8) is 0 Å². The van der Waals surface area contributed by atoms with E-state index < -0.39 is 0 Å². The van der Waals surface area contributed by atoms with E-state index in [9.17, 15) is 4.79 Å². The van der Waals surface area contributed by atoms with Crippen LogP contribution in [0, 0.1) is 0 Å². The maximum atomic E-state index is 12.3. The number of hydrogen-bond acceptors (Lipinski definition) is 5. The number of piperidine rings is 1. The fourth-order valence-corrected chi connectivity index (χ4v) is 3.94. The average molecular weight is 359 g/mol. The molecule has 0 saturated carbocycles. The number of hydrogen-bond donors (Lipinski definition) is 2. The molecule has 0 spiro atoms. The number of rotatable bonds is 7. The van der Waals surface area contributed by atoms with Gasteiger partial charge in [0.05, 0.1) is 5.01 Å². The normalized spacial score (nSPS) is 16.0. The molecule has 0 radical (unpaired) electrons. The lowest BCUT2D eigenvalue weighted by Crippen LogP contribution is -2.45. The first kappa shape index (κ1) is 18.0. The van der Waals surface area contributed by atoms with Gasteiger partial charge in [-0.2, -0.15) is 0 Å². The summed E-state index contributed by atoms with van der Waals surface area (Å²) in [6, 6.07) is 10.8. The molecule has 134 valence electrons. The average Bonchev–Trinajstić information content (AvgIpc) is 3.11. The number of nitrogens with two attached hydrogens (primary N) is 1. The second-order valence-electron chi connectivity index (χ2n) is 6.49. The van der Waals surface area contributed by atoms with Crippen LogP contribution in [0.4, 0.5) is 0 Å². The van der Waals surface area contributed by atoms with Crippen molar-refractivity contribution in [3.05, 3.63) is 52.0 Å². The number of likely N-dealkylation sites (tertiary alicyclic amines) is 1. The summed E-state index contributed by atoms with van der Waals surface area (Å²) in [5, 5.41) is 5.89. The van der Waals surface area contributed by atoms with E-state index in [1.54, 1.807) is 0 Å². The van der Waals surface area contributed by atoms with Crippen LogP contribution in [0.2, 0.25) is 0 Å². The second kappa shape index (κ2) is 9.08. The summed E-state index contributed by atoms with van der Waals surface area (Å²) in [7, 11) is 0. The van der Waals surface area contributed by atoms with Gasteiger partial charge in [0.1, 0.15) is 5.69 Å². The van der Waals surface area contributed by atoms with Crippen LogP contribution in [0.3, 0.4) is 0 Å². The van der Waals surface area contributed by atoms with Gasteiger partial charge in [0.15, 0.2) is 0 Å². The number of aromatic nitrogens is 1. The molecule has 1 aliphatic heterocycles. The van der Waals surface area contributed by atoms with Crippen molar-refractivity contribution in [2.75, 3.05) is 26.2 Å². The van der Waals surface area contributed by atoms with Gasteiger partial charge in [-0.3, -0.25) is 4.79 Å². The molecule has 2 heterocycles. The molecular weight excluding hydrogens is 332 g/mol. The molecule has 0 atom stereocenters. The van der Waals surface area contributed by atoms with Gasteiger partial charge in [-0.15, -0.1) is 11.3 Å². The molecule has 1 amide bonds. The molecule has 6 heteroatoms. The summed E-state index contributed by atoms with van der Waals surface area (Å²) in [4.78, 5) is 19.2. The summed E-state index contributed by atoms with van der Waals surface area (Å²) in [5.41, 5.74) is 7.44. The summed E-state index contributed by atoms with van der Waals surface area (Å²) in [6.07, 6.45) is 3.82. The number of thiazole rings is 1. The Balaban J connectivity index is 1.40. The smallest absolute Gasteiger partial charge is 0.270 e. The first-order valence-electron chi connectivity index (χ1n) is 8.96. The molecule has 1 saturated heterocycles. The van der Waals surface area contributed by atoms with Gasteiger partial charge in [-0.05, 0) is 31.4 Å². The molecule has 1 aliphatic rings. The van der Waals surface area contributed by atoms with Gasteiger partial charge < -0.3 is 16.0 Å². The third-order valence-electron chi connectivity index (χ3n) is 4.62. The van der Waals surface area contributed by atoms with Crippen molar-refractivity contribution in [1.29, 1.82) is 0 Å². The van der Waals surface area contributed by atoms with E-state index in [4.69, 9.17) is 5.73 Å². The molecule has 3 N–H and O–H groups in total. The van der Waals surface area contributed by atoms with Crippen molar-refractivity contribution >= 4 is 17.2 Å². The van der Waals surface area contributed by atoms with Crippen LogP contribution in [0.25, 0.3) is 0 Å². The minimum Gasteiger partial charge on any atom is -0.348 e. The van der Waals surface area contributed by atoms with Gasteiger partial charge in [-0.25, -0.2) is 4.98 Å². The number of carbonyl (C=O) groups is 1. The minimum absolute atomic E-state index is 0.0535. The zero-order valence-electron chi connectivity index (χ0n) is 14.5. The standard InChI is InChI=1S/C19H26N4OS/c20-10-6-18-22-17(14-25-18)19(24)21-16-8-12-23(13-9-16)11-7-15-4-2-1-3-5-15/h1-5,14,16H,6-13,20H2,(H,21,24). The molecular formula is C19H26N4OS. The van der Waals surface area contributed by atoms with Crippen LogP contribution in [0.5, 0.6) is 0 Å². The lowest BCUT2D eigenvalue weighted by atomic mass is 10.0. The van der Waals surface area contributed by atoms with Gasteiger partial charge >= 0.3 is 0 Å². The van der Waals surface area contributed by atoms with Gasteiger partial charge in [-0.1, -0.05) is 30.3 Å². The van der Waals surface area contributed by atoms with E-state index in [-0.39, 0.29) is 11.9 Å². The molecule has 2 aromatic rings. The third-order valence-corrected chi connectivity index (χ3v) is 5.53. The first-order valence-corrected chi connectivity index (χ1v) is 9.84. The SMILES string of the molecule is NCCc1nc(C(=O)NC2CCN(CCc3ccccc3)CC2)cs1. The zero-order valence-corrected chi connectivity index (χ0v) is 15.3. The molecule has 5 nitrogen and oxygen atoms in total. The second-order valence-corrected chi connectivity index (χ2v) is 7.43. The van der Waals surface area contributed by atoms with Crippen LogP contribution in [-0.2, 0) is 12.8 Å². The molecule has 0 bridgehead atoms. The van der Waals surface area contributed by atoms with Crippen LogP contribution in [-0.4, -0.2) is 48.0 Å². The molecule has 0 unspecified atom stereocenters. The molecule has 3 rings (SSSR count). The van der Waals surface area contributed by atoms with Crippen molar-refractivity contribution in [1.82, 2.24) is 15.2 Å². The minimum atomic E-state index is -0.0535.